The Morgan fingerprint density at radius 3 is 2.16 bits per heavy atom. The van der Waals surface area contributed by atoms with E-state index >= 15 is 0 Å². The topological polar surface area (TPSA) is 130 Å². The molecule has 0 saturated heterocycles. The number of hydrogen-bond acceptors (Lipinski definition) is 4. The lowest BCUT2D eigenvalue weighted by Gasteiger charge is -2.15. The zero-order valence-electron chi connectivity index (χ0n) is 17.6. The molecule has 5 N–H and O–H groups in total. The van der Waals surface area contributed by atoms with E-state index in [-0.39, 0.29) is 16.5 Å². The van der Waals surface area contributed by atoms with Crippen LogP contribution in [0.5, 0.6) is 0 Å². The van der Waals surface area contributed by atoms with Crippen LogP contribution in [0.15, 0.2) is 77.7 Å². The maximum Gasteiger partial charge on any atom is 0.316 e. The molecule has 3 rings (SSSR count). The van der Waals surface area contributed by atoms with Crippen LogP contribution in [0, 0.1) is 6.92 Å². The number of primary amides is 1. The van der Waals surface area contributed by atoms with E-state index in [0.29, 0.717) is 11.4 Å². The molecule has 166 valence electrons. The number of hydrogen-bond donors (Lipinski definition) is 4. The van der Waals surface area contributed by atoms with Gasteiger partial charge in [0.25, 0.3) is 15.9 Å². The molecule has 0 saturated carbocycles. The first-order chi connectivity index (χ1) is 15.1. The van der Waals surface area contributed by atoms with Crippen LogP contribution in [0.1, 0.15) is 34.5 Å². The Balaban J connectivity index is 1.71. The van der Waals surface area contributed by atoms with Crippen LogP contribution in [-0.2, 0) is 10.0 Å². The second-order valence-corrected chi connectivity index (χ2v) is 8.99. The average Bonchev–Trinajstić information content (AvgIpc) is 2.75. The van der Waals surface area contributed by atoms with E-state index < -0.39 is 22.0 Å². The molecule has 0 radical (unpaired) electrons. The quantitative estimate of drug-likeness (QED) is 0.434. The number of sulfonamides is 1. The molecule has 1 atom stereocenters. The molecular formula is C23H24N4O4S. The van der Waals surface area contributed by atoms with Gasteiger partial charge in [-0.1, -0.05) is 35.9 Å². The Hall–Kier alpha value is -3.85. The highest BCUT2D eigenvalue weighted by Gasteiger charge is 2.18. The number of nitrogens with two attached hydrogens (primary N) is 1. The smallest absolute Gasteiger partial charge is 0.316 e. The Labute approximate surface area is 186 Å². The van der Waals surface area contributed by atoms with Gasteiger partial charge >= 0.3 is 6.03 Å². The molecule has 0 aliphatic rings. The van der Waals surface area contributed by atoms with Gasteiger partial charge in [-0.05, 0) is 61.9 Å². The standard InChI is InChI=1S/C23H24N4O4S/c1-15-6-10-20(11-7-15)27-32(30,31)21-5-3-4-18(14-21)22(28)25-16(2)17-8-12-19(13-9-17)26-23(24)29/h3-14,16,27H,1-2H3,(H,25,28)(H3,24,26,29). The number of carbonyl (C=O) groups excluding carboxylic acids is 2. The molecule has 0 bridgehead atoms. The van der Waals surface area contributed by atoms with Gasteiger partial charge in [-0.3, -0.25) is 9.52 Å². The van der Waals surface area contributed by atoms with Crippen LogP contribution in [0.3, 0.4) is 0 Å². The van der Waals surface area contributed by atoms with Gasteiger partial charge in [0, 0.05) is 16.9 Å². The number of urea groups is 1. The summed E-state index contributed by atoms with van der Waals surface area (Å²) in [5, 5.41) is 5.31. The predicted octanol–water partition coefficient (Wildman–Crippen LogP) is 3.78. The molecule has 9 heteroatoms. The summed E-state index contributed by atoms with van der Waals surface area (Å²) in [5.74, 6) is -0.413. The first-order valence-electron chi connectivity index (χ1n) is 9.81. The van der Waals surface area contributed by atoms with E-state index in [1.807, 2.05) is 6.92 Å². The summed E-state index contributed by atoms with van der Waals surface area (Å²) < 4.78 is 28.0. The van der Waals surface area contributed by atoms with Crippen LogP contribution in [0.2, 0.25) is 0 Å². The third-order valence-corrected chi connectivity index (χ3v) is 6.12. The van der Waals surface area contributed by atoms with E-state index in [0.717, 1.165) is 11.1 Å². The Bertz CT molecular complexity index is 1220. The molecule has 0 aromatic heterocycles. The Morgan fingerprint density at radius 1 is 0.906 bits per heavy atom. The minimum absolute atomic E-state index is 0.0137. The molecule has 0 heterocycles. The number of amides is 3. The lowest BCUT2D eigenvalue weighted by molar-refractivity contribution is 0.0939. The van der Waals surface area contributed by atoms with Crippen molar-refractivity contribution in [2.45, 2.75) is 24.8 Å². The molecule has 0 aliphatic carbocycles. The first-order valence-corrected chi connectivity index (χ1v) is 11.3. The van der Waals surface area contributed by atoms with E-state index in [4.69, 9.17) is 5.73 Å². The summed E-state index contributed by atoms with van der Waals surface area (Å²) in [4.78, 5) is 23.6. The number of benzene rings is 3. The van der Waals surface area contributed by atoms with Crippen molar-refractivity contribution in [3.63, 3.8) is 0 Å². The van der Waals surface area contributed by atoms with E-state index in [2.05, 4.69) is 15.4 Å². The van der Waals surface area contributed by atoms with Gasteiger partial charge in [-0.2, -0.15) is 0 Å². The second kappa shape index (κ2) is 9.52. The largest absolute Gasteiger partial charge is 0.351 e. The average molecular weight is 453 g/mol. The molecule has 3 aromatic rings. The summed E-state index contributed by atoms with van der Waals surface area (Å²) in [6, 6.07) is 18.6. The molecule has 0 aliphatic heterocycles. The third kappa shape index (κ3) is 5.86. The van der Waals surface area contributed by atoms with Crippen molar-refractivity contribution in [1.29, 1.82) is 0 Å². The maximum absolute atomic E-state index is 12.7. The monoisotopic (exact) mass is 452 g/mol. The molecule has 32 heavy (non-hydrogen) atoms. The highest BCUT2D eigenvalue weighted by molar-refractivity contribution is 7.92. The Kier molecular flexibility index (Phi) is 6.79. The fourth-order valence-corrected chi connectivity index (χ4v) is 4.10. The maximum atomic E-state index is 12.7. The number of nitrogens with one attached hydrogen (secondary N) is 3. The van der Waals surface area contributed by atoms with E-state index in [1.165, 1.54) is 18.2 Å². The Morgan fingerprint density at radius 2 is 1.53 bits per heavy atom. The molecule has 1 unspecified atom stereocenters. The zero-order chi connectivity index (χ0) is 23.3. The third-order valence-electron chi connectivity index (χ3n) is 4.74. The van der Waals surface area contributed by atoms with Gasteiger partial charge in [-0.15, -0.1) is 0 Å². The lowest BCUT2D eigenvalue weighted by Crippen LogP contribution is -2.27. The van der Waals surface area contributed by atoms with Gasteiger partial charge < -0.3 is 16.4 Å². The van der Waals surface area contributed by atoms with Crippen molar-refractivity contribution < 1.29 is 18.0 Å². The molecule has 0 fully saturated rings. The normalized spacial score (nSPS) is 11.9. The molecule has 0 spiro atoms. The van der Waals surface area contributed by atoms with Gasteiger partial charge in [0.05, 0.1) is 10.9 Å². The van der Waals surface area contributed by atoms with Gasteiger partial charge in [0.2, 0.25) is 0 Å². The van der Waals surface area contributed by atoms with Crippen molar-refractivity contribution in [3.05, 3.63) is 89.5 Å². The summed E-state index contributed by atoms with van der Waals surface area (Å²) in [7, 11) is -3.85. The minimum Gasteiger partial charge on any atom is -0.351 e. The SMILES string of the molecule is Cc1ccc(NS(=O)(=O)c2cccc(C(=O)NC(C)c3ccc(NC(N)=O)cc3)c2)cc1. The van der Waals surface area contributed by atoms with Crippen LogP contribution in [0.25, 0.3) is 0 Å². The van der Waals surface area contributed by atoms with Crippen molar-refractivity contribution in [2.75, 3.05) is 10.0 Å². The van der Waals surface area contributed by atoms with Crippen LogP contribution in [0.4, 0.5) is 16.2 Å². The zero-order valence-corrected chi connectivity index (χ0v) is 18.4. The number of carbonyl (C=O) groups is 2. The van der Waals surface area contributed by atoms with Crippen molar-refractivity contribution in [1.82, 2.24) is 5.32 Å². The van der Waals surface area contributed by atoms with Crippen molar-refractivity contribution in [2.24, 2.45) is 5.73 Å². The highest BCUT2D eigenvalue weighted by Crippen LogP contribution is 2.20. The number of aryl methyl sites for hydroxylation is 1. The summed E-state index contributed by atoms with van der Waals surface area (Å²) in [6.45, 7) is 3.71. The first kappa shape index (κ1) is 22.8. The lowest BCUT2D eigenvalue weighted by atomic mass is 10.1. The molecule has 3 amide bonds. The number of rotatable bonds is 7. The van der Waals surface area contributed by atoms with Gasteiger partial charge in [0.1, 0.15) is 0 Å². The number of anilines is 2. The second-order valence-electron chi connectivity index (χ2n) is 7.31. The predicted molar refractivity (Wildman–Crippen MR) is 124 cm³/mol. The fourth-order valence-electron chi connectivity index (χ4n) is 3.00. The highest BCUT2D eigenvalue weighted by atomic mass is 32.2. The van der Waals surface area contributed by atoms with E-state index in [1.54, 1.807) is 61.5 Å². The minimum atomic E-state index is -3.85. The summed E-state index contributed by atoms with van der Waals surface area (Å²) >= 11 is 0. The van der Waals surface area contributed by atoms with Crippen LogP contribution < -0.4 is 21.1 Å². The molecule has 3 aromatic carbocycles. The van der Waals surface area contributed by atoms with Crippen molar-refractivity contribution >= 4 is 33.3 Å². The van der Waals surface area contributed by atoms with Gasteiger partial charge in [0.15, 0.2) is 0 Å². The van der Waals surface area contributed by atoms with E-state index in [9.17, 15) is 18.0 Å². The van der Waals surface area contributed by atoms with Crippen LogP contribution >= 0.6 is 0 Å². The fraction of sp³-hybridized carbons (Fsp3) is 0.130. The molecular weight excluding hydrogens is 428 g/mol. The van der Waals surface area contributed by atoms with Crippen molar-refractivity contribution in [3.8, 4) is 0 Å². The summed E-state index contributed by atoms with van der Waals surface area (Å²) in [5.41, 5.74) is 8.10. The van der Waals surface area contributed by atoms with Gasteiger partial charge in [-0.25, -0.2) is 13.2 Å². The summed E-state index contributed by atoms with van der Waals surface area (Å²) in [6.07, 6.45) is 0. The van der Waals surface area contributed by atoms with Crippen LogP contribution in [-0.4, -0.2) is 20.4 Å². The molecule has 8 nitrogen and oxygen atoms in total.